The van der Waals surface area contributed by atoms with E-state index in [4.69, 9.17) is 5.11 Å². The summed E-state index contributed by atoms with van der Waals surface area (Å²) in [6.07, 6.45) is 2.88. The Morgan fingerprint density at radius 3 is 2.74 bits per heavy atom. The molecule has 0 aromatic rings. The predicted molar refractivity (Wildman–Crippen MR) is 68.6 cm³/mol. The highest BCUT2D eigenvalue weighted by Crippen LogP contribution is 2.17. The molecule has 3 amide bonds. The topological polar surface area (TPSA) is 98.7 Å². The monoisotopic (exact) mass is 269 g/mol. The number of urea groups is 1. The fraction of sp³-hybridized carbons (Fsp3) is 0.583. The number of carboxylic acids is 1. The van der Waals surface area contributed by atoms with Crippen molar-refractivity contribution in [2.24, 2.45) is 0 Å². The maximum atomic E-state index is 12.0. The smallest absolute Gasteiger partial charge is 0.326 e. The Hall–Kier alpha value is -2.05. The molecule has 1 aliphatic heterocycles. The van der Waals surface area contributed by atoms with Gasteiger partial charge in [-0.25, -0.2) is 9.59 Å². The molecule has 3 N–H and O–H groups in total. The lowest BCUT2D eigenvalue weighted by Gasteiger charge is -2.25. The van der Waals surface area contributed by atoms with Gasteiger partial charge in [0.2, 0.25) is 5.91 Å². The molecule has 2 unspecified atom stereocenters. The van der Waals surface area contributed by atoms with E-state index in [1.54, 1.807) is 0 Å². The number of nitrogens with zero attached hydrogens (tertiary/aromatic N) is 1. The van der Waals surface area contributed by atoms with Crippen molar-refractivity contribution < 1.29 is 19.5 Å². The van der Waals surface area contributed by atoms with E-state index in [0.29, 0.717) is 13.0 Å². The number of hydrogen-bond donors (Lipinski definition) is 3. The minimum Gasteiger partial charge on any atom is -0.480 e. The SMILES string of the molecule is C=CCC(NC(=O)N1CCCC1C(=O)NC)C(=O)O. The first-order valence-electron chi connectivity index (χ1n) is 6.13. The molecule has 0 bridgehead atoms. The Labute approximate surface area is 111 Å². The van der Waals surface area contributed by atoms with Gasteiger partial charge in [0.25, 0.3) is 0 Å². The second-order valence-electron chi connectivity index (χ2n) is 4.33. The zero-order chi connectivity index (χ0) is 14.4. The lowest BCUT2D eigenvalue weighted by atomic mass is 10.2. The molecule has 1 aliphatic rings. The maximum Gasteiger partial charge on any atom is 0.326 e. The molecule has 0 radical (unpaired) electrons. The van der Waals surface area contributed by atoms with Crippen LogP contribution in [0.1, 0.15) is 19.3 Å². The van der Waals surface area contributed by atoms with E-state index in [1.165, 1.54) is 18.0 Å². The van der Waals surface area contributed by atoms with Crippen LogP contribution in [0.15, 0.2) is 12.7 Å². The van der Waals surface area contributed by atoms with Gasteiger partial charge in [-0.3, -0.25) is 4.79 Å². The quantitative estimate of drug-likeness (QED) is 0.609. The first-order chi connectivity index (χ1) is 9.01. The zero-order valence-corrected chi connectivity index (χ0v) is 10.9. The van der Waals surface area contributed by atoms with E-state index in [1.807, 2.05) is 0 Å². The van der Waals surface area contributed by atoms with Crippen molar-refractivity contribution in [3.8, 4) is 0 Å². The van der Waals surface area contributed by atoms with Crippen molar-refractivity contribution >= 4 is 17.9 Å². The molecule has 1 fully saturated rings. The van der Waals surface area contributed by atoms with E-state index < -0.39 is 24.1 Å². The number of likely N-dealkylation sites (N-methyl/N-ethyl adjacent to an activating group) is 1. The fourth-order valence-corrected chi connectivity index (χ4v) is 2.07. The van der Waals surface area contributed by atoms with Crippen molar-refractivity contribution in [1.29, 1.82) is 0 Å². The number of nitrogens with one attached hydrogen (secondary N) is 2. The second kappa shape index (κ2) is 6.77. The Morgan fingerprint density at radius 2 is 2.21 bits per heavy atom. The van der Waals surface area contributed by atoms with Crippen molar-refractivity contribution in [2.45, 2.75) is 31.3 Å². The maximum absolute atomic E-state index is 12.0. The molecule has 7 nitrogen and oxygen atoms in total. The molecule has 0 saturated carbocycles. The largest absolute Gasteiger partial charge is 0.480 e. The van der Waals surface area contributed by atoms with Gasteiger partial charge in [0.15, 0.2) is 0 Å². The number of rotatable bonds is 5. The average Bonchev–Trinajstić information content (AvgIpc) is 2.86. The third kappa shape index (κ3) is 3.70. The molecule has 1 rings (SSSR count). The first-order valence-corrected chi connectivity index (χ1v) is 6.13. The second-order valence-corrected chi connectivity index (χ2v) is 4.33. The molecule has 19 heavy (non-hydrogen) atoms. The number of amides is 3. The number of carbonyl (C=O) groups excluding carboxylic acids is 2. The first kappa shape index (κ1) is 15.0. The van der Waals surface area contributed by atoms with Crippen LogP contribution in [0, 0.1) is 0 Å². The third-order valence-corrected chi connectivity index (χ3v) is 3.06. The molecule has 0 spiro atoms. The fourth-order valence-electron chi connectivity index (χ4n) is 2.07. The summed E-state index contributed by atoms with van der Waals surface area (Å²) in [5, 5.41) is 13.9. The molecule has 0 aromatic heterocycles. The van der Waals surface area contributed by atoms with Crippen LogP contribution >= 0.6 is 0 Å². The van der Waals surface area contributed by atoms with Crippen molar-refractivity contribution in [3.63, 3.8) is 0 Å². The van der Waals surface area contributed by atoms with Gasteiger partial charge in [-0.1, -0.05) is 6.08 Å². The van der Waals surface area contributed by atoms with Crippen LogP contribution in [0.4, 0.5) is 4.79 Å². The highest BCUT2D eigenvalue weighted by atomic mass is 16.4. The summed E-state index contributed by atoms with van der Waals surface area (Å²) in [6, 6.07) is -2.07. The molecule has 0 aliphatic carbocycles. The highest BCUT2D eigenvalue weighted by molar-refractivity contribution is 5.89. The number of carboxylic acid groups (broad SMARTS) is 1. The summed E-state index contributed by atoms with van der Waals surface area (Å²) in [5.41, 5.74) is 0. The minimum absolute atomic E-state index is 0.138. The zero-order valence-electron chi connectivity index (χ0n) is 10.9. The standard InChI is InChI=1S/C12H19N3O4/c1-3-5-8(11(17)18)14-12(19)15-7-4-6-9(15)10(16)13-2/h3,8-9H,1,4-7H2,2H3,(H,13,16)(H,14,19)(H,17,18). The summed E-state index contributed by atoms with van der Waals surface area (Å²) in [4.78, 5) is 35.9. The number of hydrogen-bond acceptors (Lipinski definition) is 3. The van der Waals surface area contributed by atoms with Crippen LogP contribution in [0.2, 0.25) is 0 Å². The van der Waals surface area contributed by atoms with Crippen LogP contribution in [0.25, 0.3) is 0 Å². The van der Waals surface area contributed by atoms with E-state index in [2.05, 4.69) is 17.2 Å². The molecule has 0 aromatic carbocycles. The lowest BCUT2D eigenvalue weighted by Crippen LogP contribution is -2.52. The molecule has 1 heterocycles. The van der Waals surface area contributed by atoms with Gasteiger partial charge in [0.05, 0.1) is 0 Å². The van der Waals surface area contributed by atoms with Crippen LogP contribution in [0.3, 0.4) is 0 Å². The number of likely N-dealkylation sites (tertiary alicyclic amines) is 1. The Morgan fingerprint density at radius 1 is 1.53 bits per heavy atom. The number of carbonyl (C=O) groups is 3. The van der Waals surface area contributed by atoms with Crippen molar-refractivity contribution in [3.05, 3.63) is 12.7 Å². The van der Waals surface area contributed by atoms with Crippen molar-refractivity contribution in [1.82, 2.24) is 15.5 Å². The van der Waals surface area contributed by atoms with Gasteiger partial charge >= 0.3 is 12.0 Å². The van der Waals surface area contributed by atoms with Crippen LogP contribution in [-0.4, -0.2) is 53.6 Å². The van der Waals surface area contributed by atoms with E-state index in [9.17, 15) is 14.4 Å². The molecular weight excluding hydrogens is 250 g/mol. The number of aliphatic carboxylic acids is 1. The summed E-state index contributed by atoms with van der Waals surface area (Å²) in [6.45, 7) is 3.90. The summed E-state index contributed by atoms with van der Waals surface area (Å²) >= 11 is 0. The summed E-state index contributed by atoms with van der Waals surface area (Å²) in [7, 11) is 1.51. The van der Waals surface area contributed by atoms with Gasteiger partial charge in [-0.2, -0.15) is 0 Å². The third-order valence-electron chi connectivity index (χ3n) is 3.06. The van der Waals surface area contributed by atoms with Gasteiger partial charge in [0.1, 0.15) is 12.1 Å². The predicted octanol–water partition coefficient (Wildman–Crippen LogP) is -0.0643. The molecular formula is C12H19N3O4. The summed E-state index contributed by atoms with van der Waals surface area (Å²) < 4.78 is 0. The Kier molecular flexibility index (Phi) is 5.35. The van der Waals surface area contributed by atoms with Crippen LogP contribution in [-0.2, 0) is 9.59 Å². The highest BCUT2D eigenvalue weighted by Gasteiger charge is 2.34. The van der Waals surface area contributed by atoms with Gasteiger partial charge in [-0.05, 0) is 19.3 Å². The van der Waals surface area contributed by atoms with E-state index in [0.717, 1.165) is 6.42 Å². The van der Waals surface area contributed by atoms with Gasteiger partial charge in [-0.15, -0.1) is 6.58 Å². The Bertz CT molecular complexity index is 383. The molecule has 7 heteroatoms. The lowest BCUT2D eigenvalue weighted by molar-refractivity contribution is -0.139. The average molecular weight is 269 g/mol. The van der Waals surface area contributed by atoms with E-state index in [-0.39, 0.29) is 12.3 Å². The van der Waals surface area contributed by atoms with Gasteiger partial charge < -0.3 is 20.6 Å². The molecule has 2 atom stereocenters. The van der Waals surface area contributed by atoms with Crippen LogP contribution < -0.4 is 10.6 Å². The minimum atomic E-state index is -1.12. The van der Waals surface area contributed by atoms with E-state index >= 15 is 0 Å². The van der Waals surface area contributed by atoms with Crippen molar-refractivity contribution in [2.75, 3.05) is 13.6 Å². The normalized spacial score (nSPS) is 19.6. The molecule has 1 saturated heterocycles. The summed E-state index contributed by atoms with van der Waals surface area (Å²) in [5.74, 6) is -1.35. The Balaban J connectivity index is 2.68. The molecule has 106 valence electrons. The van der Waals surface area contributed by atoms with Gasteiger partial charge in [0, 0.05) is 13.6 Å². The van der Waals surface area contributed by atoms with Crippen LogP contribution in [0.5, 0.6) is 0 Å².